The smallest absolute Gasteiger partial charge is 0.206 e. The number of hydrazine groups is 1. The number of hydrogen-bond donors (Lipinski definition) is 3. The second-order valence-corrected chi connectivity index (χ2v) is 3.16. The summed E-state index contributed by atoms with van der Waals surface area (Å²) >= 11 is 0. The van der Waals surface area contributed by atoms with Crippen LogP contribution in [0.15, 0.2) is 4.99 Å². The summed E-state index contributed by atoms with van der Waals surface area (Å²) in [6.07, 6.45) is 0. The van der Waals surface area contributed by atoms with Crippen molar-refractivity contribution in [3.63, 3.8) is 0 Å². The fourth-order valence-corrected chi connectivity index (χ4v) is 1.40. The molecule has 1 rings (SSSR count). The van der Waals surface area contributed by atoms with E-state index in [1.54, 1.807) is 0 Å². The number of hydrogen-bond acceptors (Lipinski definition) is 3. The first-order valence-corrected chi connectivity index (χ1v) is 4.80. The number of rotatable bonds is 3. The highest BCUT2D eigenvalue weighted by Gasteiger charge is 2.25. The number of nitrogens with zero attached hydrogens (tertiary/aromatic N) is 2. The zero-order valence-electron chi connectivity index (χ0n) is 8.38. The summed E-state index contributed by atoms with van der Waals surface area (Å²) in [6.45, 7) is 8.18. The van der Waals surface area contributed by atoms with Crippen LogP contribution < -0.4 is 16.6 Å². The van der Waals surface area contributed by atoms with Gasteiger partial charge in [-0.15, -0.1) is 0 Å². The first kappa shape index (κ1) is 10.3. The van der Waals surface area contributed by atoms with Gasteiger partial charge in [0.1, 0.15) is 0 Å². The van der Waals surface area contributed by atoms with Crippen molar-refractivity contribution in [1.82, 2.24) is 15.6 Å². The van der Waals surface area contributed by atoms with Crippen LogP contribution in [0.25, 0.3) is 0 Å². The summed E-state index contributed by atoms with van der Waals surface area (Å²) in [6, 6.07) is 0.501. The normalized spacial score (nSPS) is 19.8. The van der Waals surface area contributed by atoms with E-state index in [-0.39, 0.29) is 0 Å². The Morgan fingerprint density at radius 2 is 2.23 bits per heavy atom. The summed E-state index contributed by atoms with van der Waals surface area (Å²) in [5, 5.41) is 3.24. The minimum absolute atomic E-state index is 0.501. The molecule has 1 fully saturated rings. The van der Waals surface area contributed by atoms with Crippen molar-refractivity contribution in [3.05, 3.63) is 0 Å². The van der Waals surface area contributed by atoms with Crippen molar-refractivity contribution in [3.8, 4) is 0 Å². The van der Waals surface area contributed by atoms with E-state index < -0.39 is 0 Å². The van der Waals surface area contributed by atoms with Crippen molar-refractivity contribution in [2.75, 3.05) is 26.2 Å². The van der Waals surface area contributed by atoms with Gasteiger partial charge in [0.2, 0.25) is 5.96 Å². The van der Waals surface area contributed by atoms with Crippen LogP contribution >= 0.6 is 0 Å². The lowest BCUT2D eigenvalue weighted by atomic mass is 10.1. The number of aliphatic imine (C=N–C) groups is 1. The molecular weight excluding hydrogens is 166 g/mol. The maximum absolute atomic E-state index is 5.30. The van der Waals surface area contributed by atoms with Crippen LogP contribution in [0.1, 0.15) is 13.8 Å². The Bertz CT molecular complexity index is 173. The molecule has 1 aliphatic heterocycles. The third-order valence-corrected chi connectivity index (χ3v) is 2.20. The second kappa shape index (κ2) is 5.04. The monoisotopic (exact) mass is 185 g/mol. The lowest BCUT2D eigenvalue weighted by Gasteiger charge is -2.39. The van der Waals surface area contributed by atoms with Crippen LogP contribution in [0.2, 0.25) is 0 Å². The van der Waals surface area contributed by atoms with Crippen molar-refractivity contribution < 1.29 is 0 Å². The molecule has 0 aromatic rings. The Labute approximate surface area is 79.4 Å². The van der Waals surface area contributed by atoms with Gasteiger partial charge in [-0.25, -0.2) is 5.84 Å². The summed E-state index contributed by atoms with van der Waals surface area (Å²) in [4.78, 5) is 6.53. The Balaban J connectivity index is 2.21. The van der Waals surface area contributed by atoms with Crippen LogP contribution in [0.4, 0.5) is 0 Å². The zero-order chi connectivity index (χ0) is 9.68. The molecule has 5 heteroatoms. The van der Waals surface area contributed by atoms with Crippen molar-refractivity contribution in [1.29, 1.82) is 0 Å². The van der Waals surface area contributed by atoms with E-state index in [4.69, 9.17) is 5.84 Å². The minimum atomic E-state index is 0.501. The van der Waals surface area contributed by atoms with Gasteiger partial charge in [-0.05, 0) is 13.5 Å². The Morgan fingerprint density at radius 1 is 1.54 bits per heavy atom. The Morgan fingerprint density at radius 3 is 2.69 bits per heavy atom. The van der Waals surface area contributed by atoms with E-state index in [0.29, 0.717) is 12.0 Å². The predicted octanol–water partition coefficient (Wildman–Crippen LogP) is -0.881. The molecule has 0 saturated carbocycles. The van der Waals surface area contributed by atoms with Crippen LogP contribution in [0.5, 0.6) is 0 Å². The molecule has 0 amide bonds. The maximum atomic E-state index is 5.30. The largest absolute Gasteiger partial charge is 0.350 e. The zero-order valence-corrected chi connectivity index (χ0v) is 8.38. The van der Waals surface area contributed by atoms with Gasteiger partial charge in [0.05, 0.1) is 6.04 Å². The summed E-state index contributed by atoms with van der Waals surface area (Å²) in [5.41, 5.74) is 2.56. The van der Waals surface area contributed by atoms with E-state index in [2.05, 4.69) is 27.6 Å². The van der Waals surface area contributed by atoms with Gasteiger partial charge in [-0.1, -0.05) is 6.92 Å². The summed E-state index contributed by atoms with van der Waals surface area (Å²) < 4.78 is 0. The van der Waals surface area contributed by atoms with Crippen LogP contribution in [-0.2, 0) is 0 Å². The third-order valence-electron chi connectivity index (χ3n) is 2.20. The van der Waals surface area contributed by atoms with Crippen LogP contribution in [-0.4, -0.2) is 43.1 Å². The highest BCUT2D eigenvalue weighted by Crippen LogP contribution is 2.05. The second-order valence-electron chi connectivity index (χ2n) is 3.16. The molecule has 0 aromatic heterocycles. The molecule has 1 heterocycles. The number of nitrogens with one attached hydrogen (secondary N) is 2. The van der Waals surface area contributed by atoms with Crippen molar-refractivity contribution in [2.45, 2.75) is 19.9 Å². The first-order valence-electron chi connectivity index (χ1n) is 4.80. The molecule has 0 aliphatic carbocycles. The third kappa shape index (κ3) is 2.86. The maximum Gasteiger partial charge on any atom is 0.206 e. The molecule has 76 valence electrons. The standard InChI is InChI=1S/C8H19N5/c1-3-10-8(12-9)11-7-5-13(4-2)6-7/h7H,3-6,9H2,1-2H3,(H2,10,11,12). The van der Waals surface area contributed by atoms with E-state index in [9.17, 15) is 0 Å². The van der Waals surface area contributed by atoms with Gasteiger partial charge < -0.3 is 5.32 Å². The highest BCUT2D eigenvalue weighted by atomic mass is 15.4. The Kier molecular flexibility index (Phi) is 3.98. The lowest BCUT2D eigenvalue weighted by molar-refractivity contribution is 0.147. The Hall–Kier alpha value is -0.810. The predicted molar refractivity (Wildman–Crippen MR) is 54.3 cm³/mol. The quantitative estimate of drug-likeness (QED) is 0.231. The molecule has 0 unspecified atom stereocenters. The van der Waals surface area contributed by atoms with Gasteiger partial charge in [-0.2, -0.15) is 0 Å². The number of nitrogens with two attached hydrogens (primary N) is 1. The minimum Gasteiger partial charge on any atom is -0.350 e. The fraction of sp³-hybridized carbons (Fsp3) is 0.875. The summed E-state index contributed by atoms with van der Waals surface area (Å²) in [5.74, 6) is 5.99. The van der Waals surface area contributed by atoms with Gasteiger partial charge in [0, 0.05) is 19.6 Å². The van der Waals surface area contributed by atoms with Gasteiger partial charge in [-0.3, -0.25) is 15.3 Å². The van der Waals surface area contributed by atoms with Crippen molar-refractivity contribution in [2.24, 2.45) is 10.8 Å². The number of likely N-dealkylation sites (tertiary alicyclic amines) is 1. The van der Waals surface area contributed by atoms with Crippen LogP contribution in [0.3, 0.4) is 0 Å². The van der Waals surface area contributed by atoms with E-state index in [0.717, 1.165) is 26.2 Å². The highest BCUT2D eigenvalue weighted by molar-refractivity contribution is 5.79. The molecule has 0 bridgehead atoms. The van der Waals surface area contributed by atoms with E-state index >= 15 is 0 Å². The van der Waals surface area contributed by atoms with Gasteiger partial charge >= 0.3 is 0 Å². The number of likely N-dealkylation sites (N-methyl/N-ethyl adjacent to an activating group) is 1. The number of guanidine groups is 1. The topological polar surface area (TPSA) is 65.7 Å². The van der Waals surface area contributed by atoms with E-state index in [1.807, 2.05) is 6.92 Å². The molecule has 0 radical (unpaired) electrons. The molecule has 0 spiro atoms. The molecule has 4 N–H and O–H groups in total. The first-order chi connectivity index (χ1) is 6.30. The van der Waals surface area contributed by atoms with Gasteiger partial charge in [0.15, 0.2) is 0 Å². The van der Waals surface area contributed by atoms with E-state index in [1.165, 1.54) is 0 Å². The molecule has 1 saturated heterocycles. The molecule has 0 aromatic carbocycles. The molecule has 0 atom stereocenters. The van der Waals surface area contributed by atoms with Gasteiger partial charge in [0.25, 0.3) is 0 Å². The SMILES string of the molecule is CCN=C(NN)NC1CN(CC)C1. The van der Waals surface area contributed by atoms with Crippen LogP contribution in [0, 0.1) is 0 Å². The molecule has 13 heavy (non-hydrogen) atoms. The van der Waals surface area contributed by atoms with Crippen molar-refractivity contribution >= 4 is 5.96 Å². The summed E-state index contributed by atoms with van der Waals surface area (Å²) in [7, 11) is 0. The fourth-order valence-electron chi connectivity index (χ4n) is 1.40. The molecule has 1 aliphatic rings. The molecule has 5 nitrogen and oxygen atoms in total. The molecular formula is C8H19N5. The average Bonchev–Trinajstić information content (AvgIpc) is 2.08. The average molecular weight is 185 g/mol. The lowest BCUT2D eigenvalue weighted by Crippen LogP contribution is -2.61.